The predicted molar refractivity (Wildman–Crippen MR) is 107 cm³/mol. The number of aryl methyl sites for hydroxylation is 2. The monoisotopic (exact) mass is 425 g/mol. The van der Waals surface area contributed by atoms with Crippen LogP contribution in [0.25, 0.3) is 0 Å². The van der Waals surface area contributed by atoms with Gasteiger partial charge in [-0.1, -0.05) is 17.7 Å². The molecule has 0 saturated heterocycles. The molecule has 9 heteroatoms. The van der Waals surface area contributed by atoms with Crippen molar-refractivity contribution in [2.24, 2.45) is 0 Å². The van der Waals surface area contributed by atoms with Crippen LogP contribution in [0.15, 0.2) is 24.3 Å². The van der Waals surface area contributed by atoms with Crippen molar-refractivity contribution < 1.29 is 23.1 Å². The lowest BCUT2D eigenvalue weighted by atomic mass is 10.0. The molecule has 2 rings (SSSR count). The lowest BCUT2D eigenvalue weighted by Gasteiger charge is -2.18. The lowest BCUT2D eigenvalue weighted by molar-refractivity contribution is -0.114. The van der Waals surface area contributed by atoms with Gasteiger partial charge in [0.05, 0.1) is 11.1 Å². The number of hydrogen-bond acceptors (Lipinski definition) is 4. The minimum Gasteiger partial charge on any atom is -0.486 e. The standard InChI is InChI=1S/C20H22ClF2N3O3/c1-10-5-14(7-16(21)19(10)29-9-17(22)23)12(3)25-20(28)15-6-11(2)24-18(8-15)26-13(4)27/h5-8,12,17H,9H2,1-4H3,(H,25,28)(H,24,26,27). The Hall–Kier alpha value is -2.74. The number of halogens is 3. The summed E-state index contributed by atoms with van der Waals surface area (Å²) in [6.45, 7) is 5.78. The fraction of sp³-hybridized carbons (Fsp3) is 0.350. The molecule has 1 heterocycles. The number of nitrogens with zero attached hydrogens (tertiary/aromatic N) is 1. The highest BCUT2D eigenvalue weighted by Gasteiger charge is 2.17. The number of ether oxygens (including phenoxy) is 1. The normalized spacial score (nSPS) is 11.9. The van der Waals surface area contributed by atoms with Gasteiger partial charge in [-0.2, -0.15) is 0 Å². The van der Waals surface area contributed by atoms with E-state index in [1.54, 1.807) is 39.0 Å². The van der Waals surface area contributed by atoms with Gasteiger partial charge in [0.1, 0.15) is 18.2 Å². The molecule has 0 bridgehead atoms. The average Bonchev–Trinajstić information content (AvgIpc) is 2.59. The number of aromatic nitrogens is 1. The highest BCUT2D eigenvalue weighted by molar-refractivity contribution is 6.32. The zero-order valence-corrected chi connectivity index (χ0v) is 17.2. The summed E-state index contributed by atoms with van der Waals surface area (Å²) in [6.07, 6.45) is -2.60. The first-order valence-corrected chi connectivity index (χ1v) is 9.22. The van der Waals surface area contributed by atoms with Gasteiger partial charge in [0.2, 0.25) is 5.91 Å². The van der Waals surface area contributed by atoms with Crippen LogP contribution < -0.4 is 15.4 Å². The van der Waals surface area contributed by atoms with Gasteiger partial charge < -0.3 is 15.4 Å². The third kappa shape index (κ3) is 6.39. The topological polar surface area (TPSA) is 80.3 Å². The number of carbonyl (C=O) groups excluding carboxylic acids is 2. The first kappa shape index (κ1) is 22.5. The molecule has 29 heavy (non-hydrogen) atoms. The quantitative estimate of drug-likeness (QED) is 0.687. The first-order chi connectivity index (χ1) is 13.6. The van der Waals surface area contributed by atoms with Gasteiger partial charge >= 0.3 is 0 Å². The van der Waals surface area contributed by atoms with E-state index in [4.69, 9.17) is 16.3 Å². The number of pyridine rings is 1. The number of benzene rings is 1. The smallest absolute Gasteiger partial charge is 0.272 e. The summed E-state index contributed by atoms with van der Waals surface area (Å²) in [6, 6.07) is 5.96. The minimum atomic E-state index is -2.60. The number of nitrogens with one attached hydrogen (secondary N) is 2. The van der Waals surface area contributed by atoms with Crippen LogP contribution in [0.4, 0.5) is 14.6 Å². The third-order valence-electron chi connectivity index (χ3n) is 3.97. The van der Waals surface area contributed by atoms with Gasteiger partial charge in [-0.25, -0.2) is 13.8 Å². The molecule has 1 atom stereocenters. The zero-order chi connectivity index (χ0) is 21.7. The van der Waals surface area contributed by atoms with Gasteiger partial charge in [0.15, 0.2) is 0 Å². The Morgan fingerprint density at radius 3 is 2.48 bits per heavy atom. The largest absolute Gasteiger partial charge is 0.486 e. The zero-order valence-electron chi connectivity index (χ0n) is 16.5. The third-order valence-corrected chi connectivity index (χ3v) is 4.25. The van der Waals surface area contributed by atoms with E-state index in [9.17, 15) is 18.4 Å². The highest BCUT2D eigenvalue weighted by Crippen LogP contribution is 2.32. The summed E-state index contributed by atoms with van der Waals surface area (Å²) in [4.78, 5) is 28.0. The average molecular weight is 426 g/mol. The highest BCUT2D eigenvalue weighted by atomic mass is 35.5. The maximum Gasteiger partial charge on any atom is 0.272 e. The maximum absolute atomic E-state index is 12.6. The molecule has 2 amide bonds. The van der Waals surface area contributed by atoms with Crippen LogP contribution in [0.1, 0.15) is 47.1 Å². The van der Waals surface area contributed by atoms with Crippen LogP contribution in [-0.2, 0) is 4.79 Å². The summed E-state index contributed by atoms with van der Waals surface area (Å²) in [5.74, 6) is -0.169. The molecule has 1 aromatic heterocycles. The second kappa shape index (κ2) is 9.65. The summed E-state index contributed by atoms with van der Waals surface area (Å²) in [5, 5.41) is 5.59. The van der Waals surface area contributed by atoms with E-state index in [-0.39, 0.29) is 28.4 Å². The summed E-state index contributed by atoms with van der Waals surface area (Å²) < 4.78 is 29.8. The minimum absolute atomic E-state index is 0.189. The molecule has 2 aromatic rings. The van der Waals surface area contributed by atoms with Crippen molar-refractivity contribution in [2.45, 2.75) is 40.2 Å². The van der Waals surface area contributed by atoms with E-state index >= 15 is 0 Å². The van der Waals surface area contributed by atoms with Crippen LogP contribution in [0.5, 0.6) is 5.75 Å². The second-order valence-corrected chi connectivity index (χ2v) is 7.02. The first-order valence-electron chi connectivity index (χ1n) is 8.85. The maximum atomic E-state index is 12.6. The number of hydrogen-bond donors (Lipinski definition) is 2. The van der Waals surface area contributed by atoms with Crippen LogP contribution in [-0.4, -0.2) is 29.8 Å². The molecule has 1 unspecified atom stereocenters. The Balaban J connectivity index is 2.17. The van der Waals surface area contributed by atoms with Crippen molar-refractivity contribution in [3.8, 4) is 5.75 Å². The fourth-order valence-corrected chi connectivity index (χ4v) is 3.07. The van der Waals surface area contributed by atoms with Gasteiger partial charge in [0, 0.05) is 18.2 Å². The van der Waals surface area contributed by atoms with Crippen LogP contribution >= 0.6 is 11.6 Å². The van der Waals surface area contributed by atoms with Crippen LogP contribution in [0.2, 0.25) is 5.02 Å². The molecular weight excluding hydrogens is 404 g/mol. The van der Waals surface area contributed by atoms with E-state index < -0.39 is 19.1 Å². The fourth-order valence-electron chi connectivity index (χ4n) is 2.74. The lowest BCUT2D eigenvalue weighted by Crippen LogP contribution is -2.27. The van der Waals surface area contributed by atoms with Crippen molar-refractivity contribution in [3.05, 3.63) is 51.7 Å². The Morgan fingerprint density at radius 2 is 1.90 bits per heavy atom. The Labute approximate surface area is 172 Å². The molecule has 2 N–H and O–H groups in total. The molecular formula is C20H22ClF2N3O3. The van der Waals surface area contributed by atoms with Gasteiger partial charge in [-0.05, 0) is 50.1 Å². The van der Waals surface area contributed by atoms with Crippen LogP contribution in [0, 0.1) is 13.8 Å². The number of anilines is 1. The van der Waals surface area contributed by atoms with Crippen molar-refractivity contribution in [3.63, 3.8) is 0 Å². The van der Waals surface area contributed by atoms with Crippen molar-refractivity contribution in [1.29, 1.82) is 0 Å². The molecule has 0 saturated carbocycles. The molecule has 0 radical (unpaired) electrons. The van der Waals surface area contributed by atoms with E-state index in [2.05, 4.69) is 15.6 Å². The van der Waals surface area contributed by atoms with Crippen LogP contribution in [0.3, 0.4) is 0 Å². The predicted octanol–water partition coefficient (Wildman–Crippen LogP) is 4.45. The van der Waals surface area contributed by atoms with E-state index in [0.29, 0.717) is 22.4 Å². The van der Waals surface area contributed by atoms with Crippen molar-refractivity contribution >= 4 is 29.2 Å². The Kier molecular flexibility index (Phi) is 7.50. The van der Waals surface area contributed by atoms with Crippen molar-refractivity contribution in [2.75, 3.05) is 11.9 Å². The molecule has 156 valence electrons. The van der Waals surface area contributed by atoms with Crippen molar-refractivity contribution in [1.82, 2.24) is 10.3 Å². The SMILES string of the molecule is CC(=O)Nc1cc(C(=O)NC(C)c2cc(C)c(OCC(F)F)c(Cl)c2)cc(C)n1. The molecule has 6 nitrogen and oxygen atoms in total. The molecule has 0 aliphatic rings. The van der Waals surface area contributed by atoms with Gasteiger partial charge in [-0.3, -0.25) is 9.59 Å². The number of amides is 2. The van der Waals surface area contributed by atoms with E-state index in [1.807, 2.05) is 0 Å². The number of rotatable bonds is 7. The molecule has 0 aliphatic carbocycles. The Bertz CT molecular complexity index is 899. The molecule has 1 aromatic carbocycles. The number of carbonyl (C=O) groups is 2. The molecule has 0 fully saturated rings. The second-order valence-electron chi connectivity index (χ2n) is 6.61. The van der Waals surface area contributed by atoms with Gasteiger partial charge in [-0.15, -0.1) is 0 Å². The van der Waals surface area contributed by atoms with E-state index in [1.165, 1.54) is 13.0 Å². The summed E-state index contributed by atoms with van der Waals surface area (Å²) >= 11 is 6.17. The Morgan fingerprint density at radius 1 is 1.21 bits per heavy atom. The number of alkyl halides is 2. The molecule has 0 aliphatic heterocycles. The van der Waals surface area contributed by atoms with E-state index in [0.717, 1.165) is 0 Å². The summed E-state index contributed by atoms with van der Waals surface area (Å²) in [5.41, 5.74) is 2.20. The molecule has 0 spiro atoms. The summed E-state index contributed by atoms with van der Waals surface area (Å²) in [7, 11) is 0. The van der Waals surface area contributed by atoms with Gasteiger partial charge in [0.25, 0.3) is 12.3 Å².